The Morgan fingerprint density at radius 3 is 2.11 bits per heavy atom. The van der Waals surface area contributed by atoms with E-state index >= 15 is 0 Å². The highest BCUT2D eigenvalue weighted by molar-refractivity contribution is 4.84. The highest BCUT2D eigenvalue weighted by Crippen LogP contribution is 2.25. The lowest BCUT2D eigenvalue weighted by atomic mass is 9.91. The highest BCUT2D eigenvalue weighted by Gasteiger charge is 2.27. The Hall–Kier alpha value is -0.0800. The molecule has 0 radical (unpaired) electrons. The lowest BCUT2D eigenvalue weighted by molar-refractivity contribution is 0.102. The molecule has 0 bridgehead atoms. The van der Waals surface area contributed by atoms with Crippen molar-refractivity contribution < 1.29 is 0 Å². The number of likely N-dealkylation sites (N-methyl/N-ethyl adjacent to an activating group) is 1. The minimum atomic E-state index is 0.223. The van der Waals surface area contributed by atoms with Gasteiger partial charge in [0.15, 0.2) is 0 Å². The molecule has 0 aromatic heterocycles. The van der Waals surface area contributed by atoms with Gasteiger partial charge in [0.25, 0.3) is 0 Å². The van der Waals surface area contributed by atoms with Crippen LogP contribution in [0.25, 0.3) is 0 Å². The van der Waals surface area contributed by atoms with Gasteiger partial charge in [-0.3, -0.25) is 4.90 Å². The normalized spacial score (nSPS) is 20.7. The minimum Gasteiger partial charge on any atom is -0.311 e. The van der Waals surface area contributed by atoms with Crippen LogP contribution in [-0.2, 0) is 0 Å². The minimum absolute atomic E-state index is 0.223. The maximum absolute atomic E-state index is 3.68. The molecule has 0 aliphatic heterocycles. The second-order valence-electron chi connectivity index (χ2n) is 7.40. The van der Waals surface area contributed by atoms with Crippen molar-refractivity contribution in [1.82, 2.24) is 10.2 Å². The van der Waals surface area contributed by atoms with Gasteiger partial charge in [0.05, 0.1) is 0 Å². The maximum atomic E-state index is 3.68. The van der Waals surface area contributed by atoms with Gasteiger partial charge in [-0.1, -0.05) is 33.1 Å². The van der Waals surface area contributed by atoms with Crippen molar-refractivity contribution in [2.45, 2.75) is 84.3 Å². The van der Waals surface area contributed by atoms with Crippen molar-refractivity contribution in [3.05, 3.63) is 0 Å². The fourth-order valence-corrected chi connectivity index (χ4v) is 3.02. The van der Waals surface area contributed by atoms with Gasteiger partial charge in [-0.05, 0) is 46.6 Å². The van der Waals surface area contributed by atoms with Crippen LogP contribution >= 0.6 is 0 Å². The molecule has 0 aromatic carbocycles. The molecule has 0 saturated heterocycles. The van der Waals surface area contributed by atoms with Crippen molar-refractivity contribution in [3.8, 4) is 0 Å². The lowest BCUT2D eigenvalue weighted by Gasteiger charge is -2.40. The van der Waals surface area contributed by atoms with E-state index in [2.05, 4.69) is 51.9 Å². The molecule has 1 N–H and O–H groups in total. The summed E-state index contributed by atoms with van der Waals surface area (Å²) < 4.78 is 0. The van der Waals surface area contributed by atoms with Gasteiger partial charge in [-0.15, -0.1) is 0 Å². The molecule has 18 heavy (non-hydrogen) atoms. The molecular weight excluding hydrogens is 220 g/mol. The Kier molecular flexibility index (Phi) is 6.13. The quantitative estimate of drug-likeness (QED) is 0.805. The summed E-state index contributed by atoms with van der Waals surface area (Å²) in [5.74, 6) is 0.715. The Bertz CT molecular complexity index is 224. The SMILES string of the molecule is CC(C)C(CNC(C)(C)C)N(C)C1CCCCC1. The summed E-state index contributed by atoms with van der Waals surface area (Å²) in [6.07, 6.45) is 7.08. The summed E-state index contributed by atoms with van der Waals surface area (Å²) in [7, 11) is 2.34. The van der Waals surface area contributed by atoms with Crippen LogP contribution in [0.3, 0.4) is 0 Å². The van der Waals surface area contributed by atoms with Gasteiger partial charge in [-0.25, -0.2) is 0 Å². The summed E-state index contributed by atoms with van der Waals surface area (Å²) in [6, 6.07) is 1.47. The van der Waals surface area contributed by atoms with E-state index in [0.717, 1.165) is 12.6 Å². The first kappa shape index (κ1) is 16.0. The second kappa shape index (κ2) is 6.91. The number of nitrogens with one attached hydrogen (secondary N) is 1. The molecule has 1 unspecified atom stereocenters. The van der Waals surface area contributed by atoms with E-state index in [1.54, 1.807) is 0 Å². The van der Waals surface area contributed by atoms with Crippen LogP contribution in [0.5, 0.6) is 0 Å². The molecule has 1 fully saturated rings. The second-order valence-corrected chi connectivity index (χ2v) is 7.40. The average Bonchev–Trinajstić information content (AvgIpc) is 2.28. The van der Waals surface area contributed by atoms with Gasteiger partial charge >= 0.3 is 0 Å². The van der Waals surface area contributed by atoms with E-state index in [4.69, 9.17) is 0 Å². The average molecular weight is 254 g/mol. The Morgan fingerprint density at radius 2 is 1.67 bits per heavy atom. The molecule has 0 aromatic rings. The van der Waals surface area contributed by atoms with Crippen LogP contribution in [-0.4, -0.2) is 36.1 Å². The summed E-state index contributed by atoms with van der Waals surface area (Å²) >= 11 is 0. The summed E-state index contributed by atoms with van der Waals surface area (Å²) in [4.78, 5) is 2.66. The summed E-state index contributed by atoms with van der Waals surface area (Å²) in [5, 5.41) is 3.68. The molecule has 1 aliphatic rings. The number of nitrogens with zero attached hydrogens (tertiary/aromatic N) is 1. The third-order valence-electron chi connectivity index (χ3n) is 4.28. The van der Waals surface area contributed by atoms with Crippen LogP contribution in [0.2, 0.25) is 0 Å². The first-order valence-electron chi connectivity index (χ1n) is 7.78. The molecule has 2 nitrogen and oxygen atoms in total. The zero-order valence-electron chi connectivity index (χ0n) is 13.4. The molecule has 1 saturated carbocycles. The van der Waals surface area contributed by atoms with Gasteiger partial charge < -0.3 is 5.32 Å². The fourth-order valence-electron chi connectivity index (χ4n) is 3.02. The van der Waals surface area contributed by atoms with Crippen LogP contribution in [0.15, 0.2) is 0 Å². The number of rotatable bonds is 5. The van der Waals surface area contributed by atoms with E-state index in [1.165, 1.54) is 32.1 Å². The Balaban J connectivity index is 2.54. The standard InChI is InChI=1S/C16H34N2/c1-13(2)15(12-17-16(3,4)5)18(6)14-10-8-7-9-11-14/h13-15,17H,7-12H2,1-6H3. The predicted molar refractivity (Wildman–Crippen MR) is 81.0 cm³/mol. The van der Waals surface area contributed by atoms with Crippen molar-refractivity contribution in [2.24, 2.45) is 5.92 Å². The third-order valence-corrected chi connectivity index (χ3v) is 4.28. The van der Waals surface area contributed by atoms with Crippen LogP contribution in [0.1, 0.15) is 66.7 Å². The van der Waals surface area contributed by atoms with Crippen LogP contribution in [0.4, 0.5) is 0 Å². The molecular formula is C16H34N2. The Labute approximate surface area is 115 Å². The van der Waals surface area contributed by atoms with Crippen molar-refractivity contribution in [2.75, 3.05) is 13.6 Å². The first-order valence-corrected chi connectivity index (χ1v) is 7.78. The summed E-state index contributed by atoms with van der Waals surface area (Å²) in [6.45, 7) is 12.6. The molecule has 108 valence electrons. The highest BCUT2D eigenvalue weighted by atomic mass is 15.2. The molecule has 2 heteroatoms. The monoisotopic (exact) mass is 254 g/mol. The molecule has 1 rings (SSSR count). The maximum Gasteiger partial charge on any atom is 0.0243 e. The number of hydrogen-bond donors (Lipinski definition) is 1. The van der Waals surface area contributed by atoms with E-state index in [1.807, 2.05) is 0 Å². The molecule has 0 spiro atoms. The zero-order valence-corrected chi connectivity index (χ0v) is 13.4. The van der Waals surface area contributed by atoms with E-state index in [-0.39, 0.29) is 5.54 Å². The summed E-state index contributed by atoms with van der Waals surface area (Å²) in [5.41, 5.74) is 0.223. The van der Waals surface area contributed by atoms with Gasteiger partial charge in [0.2, 0.25) is 0 Å². The molecule has 0 heterocycles. The van der Waals surface area contributed by atoms with Crippen molar-refractivity contribution in [3.63, 3.8) is 0 Å². The third kappa shape index (κ3) is 5.27. The van der Waals surface area contributed by atoms with Crippen molar-refractivity contribution >= 4 is 0 Å². The first-order chi connectivity index (χ1) is 8.31. The van der Waals surface area contributed by atoms with Gasteiger partial charge in [0.1, 0.15) is 0 Å². The van der Waals surface area contributed by atoms with Crippen LogP contribution in [0, 0.1) is 5.92 Å². The predicted octanol–water partition coefficient (Wildman–Crippen LogP) is 3.66. The van der Waals surface area contributed by atoms with E-state index in [0.29, 0.717) is 12.0 Å². The lowest BCUT2D eigenvalue weighted by Crippen LogP contribution is -2.52. The largest absolute Gasteiger partial charge is 0.311 e. The fraction of sp³-hybridized carbons (Fsp3) is 1.00. The topological polar surface area (TPSA) is 15.3 Å². The van der Waals surface area contributed by atoms with E-state index < -0.39 is 0 Å². The molecule has 1 atom stereocenters. The van der Waals surface area contributed by atoms with Crippen LogP contribution < -0.4 is 5.32 Å². The zero-order chi connectivity index (χ0) is 13.8. The van der Waals surface area contributed by atoms with Crippen molar-refractivity contribution in [1.29, 1.82) is 0 Å². The smallest absolute Gasteiger partial charge is 0.0243 e. The van der Waals surface area contributed by atoms with E-state index in [9.17, 15) is 0 Å². The van der Waals surface area contributed by atoms with Gasteiger partial charge in [0, 0.05) is 24.2 Å². The molecule has 1 aliphatic carbocycles. The number of hydrogen-bond acceptors (Lipinski definition) is 2. The van der Waals surface area contributed by atoms with Gasteiger partial charge in [-0.2, -0.15) is 0 Å². The molecule has 0 amide bonds. The Morgan fingerprint density at radius 1 is 1.11 bits per heavy atom.